The van der Waals surface area contributed by atoms with Crippen LogP contribution >= 0.6 is 0 Å². The maximum absolute atomic E-state index is 13.3. The van der Waals surface area contributed by atoms with Gasteiger partial charge < -0.3 is 0 Å². The van der Waals surface area contributed by atoms with E-state index in [1.165, 1.54) is 23.8 Å². The van der Waals surface area contributed by atoms with Crippen molar-refractivity contribution in [3.63, 3.8) is 0 Å². The molecule has 3 rings (SSSR count). The summed E-state index contributed by atoms with van der Waals surface area (Å²) in [6.07, 6.45) is 3.09. The van der Waals surface area contributed by atoms with E-state index in [0.29, 0.717) is 12.1 Å². The van der Waals surface area contributed by atoms with Crippen molar-refractivity contribution in [2.24, 2.45) is 0 Å². The lowest BCUT2D eigenvalue weighted by molar-refractivity contribution is 0.241. The minimum absolute atomic E-state index is 0.107. The van der Waals surface area contributed by atoms with Gasteiger partial charge in [0.1, 0.15) is 5.82 Å². The van der Waals surface area contributed by atoms with Crippen LogP contribution in [-0.2, 0) is 16.4 Å². The summed E-state index contributed by atoms with van der Waals surface area (Å²) in [4.78, 5) is 2.49. The molecule has 0 aromatic heterocycles. The second kappa shape index (κ2) is 8.29. The molecule has 6 heteroatoms. The predicted molar refractivity (Wildman–Crippen MR) is 101 cm³/mol. The van der Waals surface area contributed by atoms with E-state index in [1.54, 1.807) is 6.92 Å². The third-order valence-corrected chi connectivity index (χ3v) is 6.49. The van der Waals surface area contributed by atoms with Crippen LogP contribution in [0.15, 0.2) is 53.4 Å². The summed E-state index contributed by atoms with van der Waals surface area (Å²) in [5.41, 5.74) is 1.61. The molecule has 140 valence electrons. The molecule has 1 aliphatic heterocycles. The first-order valence-electron chi connectivity index (χ1n) is 8.99. The summed E-state index contributed by atoms with van der Waals surface area (Å²) in [5.74, 6) is -0.430. The van der Waals surface area contributed by atoms with Gasteiger partial charge in [0.2, 0.25) is 10.0 Å². The SMILES string of the molecule is Cc1cc(F)ccc1S(=O)(=O)NCC(Cc1ccccc1)N1CCCC1. The van der Waals surface area contributed by atoms with Gasteiger partial charge in [-0.2, -0.15) is 0 Å². The summed E-state index contributed by atoms with van der Waals surface area (Å²) in [7, 11) is -3.67. The van der Waals surface area contributed by atoms with E-state index in [1.807, 2.05) is 18.2 Å². The quantitative estimate of drug-likeness (QED) is 0.808. The van der Waals surface area contributed by atoms with Crippen LogP contribution in [-0.4, -0.2) is 39.0 Å². The summed E-state index contributed by atoms with van der Waals surface area (Å²) in [5, 5.41) is 0. The molecule has 1 atom stereocenters. The summed E-state index contributed by atoms with van der Waals surface area (Å²) in [6, 6.07) is 14.0. The fraction of sp³-hybridized carbons (Fsp3) is 0.400. The first-order valence-corrected chi connectivity index (χ1v) is 10.5. The first kappa shape index (κ1) is 19.0. The second-order valence-corrected chi connectivity index (χ2v) is 8.58. The molecule has 0 spiro atoms. The van der Waals surface area contributed by atoms with Gasteiger partial charge in [0, 0.05) is 12.6 Å². The molecular formula is C20H25FN2O2S. The number of rotatable bonds is 7. The number of aryl methyl sites for hydroxylation is 1. The highest BCUT2D eigenvalue weighted by atomic mass is 32.2. The van der Waals surface area contributed by atoms with Gasteiger partial charge in [0.25, 0.3) is 0 Å². The maximum atomic E-state index is 13.3. The van der Waals surface area contributed by atoms with Crippen molar-refractivity contribution >= 4 is 10.0 Å². The lowest BCUT2D eigenvalue weighted by Crippen LogP contribution is -2.44. The van der Waals surface area contributed by atoms with Crippen LogP contribution in [0, 0.1) is 12.7 Å². The Morgan fingerprint density at radius 2 is 1.81 bits per heavy atom. The molecule has 26 heavy (non-hydrogen) atoms. The van der Waals surface area contributed by atoms with E-state index in [-0.39, 0.29) is 10.9 Å². The molecule has 0 radical (unpaired) electrons. The zero-order valence-corrected chi connectivity index (χ0v) is 15.8. The molecular weight excluding hydrogens is 351 g/mol. The Kier molecular flexibility index (Phi) is 6.06. The Morgan fingerprint density at radius 3 is 2.46 bits per heavy atom. The Labute approximate surface area is 155 Å². The van der Waals surface area contributed by atoms with Crippen LogP contribution in [0.3, 0.4) is 0 Å². The number of hydrogen-bond donors (Lipinski definition) is 1. The average Bonchev–Trinajstić information content (AvgIpc) is 3.13. The zero-order valence-electron chi connectivity index (χ0n) is 15.0. The Bertz CT molecular complexity index is 834. The van der Waals surface area contributed by atoms with E-state index in [9.17, 15) is 12.8 Å². The lowest BCUT2D eigenvalue weighted by atomic mass is 10.1. The van der Waals surface area contributed by atoms with Gasteiger partial charge in [-0.15, -0.1) is 0 Å². The molecule has 0 aliphatic carbocycles. The average molecular weight is 376 g/mol. The van der Waals surface area contributed by atoms with E-state index < -0.39 is 15.8 Å². The molecule has 1 saturated heterocycles. The van der Waals surface area contributed by atoms with Crippen LogP contribution in [0.2, 0.25) is 0 Å². The minimum atomic E-state index is -3.67. The predicted octanol–water partition coefficient (Wildman–Crippen LogP) is 3.12. The van der Waals surface area contributed by atoms with Crippen LogP contribution < -0.4 is 4.72 Å². The van der Waals surface area contributed by atoms with Crippen molar-refractivity contribution in [1.29, 1.82) is 0 Å². The molecule has 0 saturated carbocycles. The molecule has 2 aromatic carbocycles. The number of hydrogen-bond acceptors (Lipinski definition) is 3. The minimum Gasteiger partial charge on any atom is -0.299 e. The van der Waals surface area contributed by atoms with Crippen LogP contribution in [0.1, 0.15) is 24.0 Å². The molecule has 4 nitrogen and oxygen atoms in total. The standard InChI is InChI=1S/C20H25FN2O2S/c1-16-13-18(21)9-10-20(16)26(24,25)22-15-19(23-11-5-6-12-23)14-17-7-3-2-4-8-17/h2-4,7-10,13,19,22H,5-6,11-12,14-15H2,1H3. The smallest absolute Gasteiger partial charge is 0.240 e. The third-order valence-electron chi connectivity index (χ3n) is 4.91. The molecule has 1 aliphatic rings. The fourth-order valence-corrected chi connectivity index (χ4v) is 4.82. The molecule has 1 heterocycles. The van der Waals surface area contributed by atoms with Crippen molar-refractivity contribution in [2.45, 2.75) is 37.1 Å². The summed E-state index contributed by atoms with van der Waals surface area (Å²) < 4.78 is 41.4. The monoisotopic (exact) mass is 376 g/mol. The zero-order chi connectivity index (χ0) is 18.6. The van der Waals surface area contributed by atoms with Gasteiger partial charge in [0.15, 0.2) is 0 Å². The van der Waals surface area contributed by atoms with Crippen molar-refractivity contribution in [3.05, 3.63) is 65.5 Å². The van der Waals surface area contributed by atoms with Crippen LogP contribution in [0.5, 0.6) is 0 Å². The Morgan fingerprint density at radius 1 is 1.12 bits per heavy atom. The summed E-state index contributed by atoms with van der Waals surface area (Å²) in [6.45, 7) is 3.94. The normalized spacial score (nSPS) is 16.7. The largest absolute Gasteiger partial charge is 0.299 e. The number of sulfonamides is 1. The topological polar surface area (TPSA) is 49.4 Å². The van der Waals surface area contributed by atoms with Crippen LogP contribution in [0.4, 0.5) is 4.39 Å². The maximum Gasteiger partial charge on any atom is 0.240 e. The Balaban J connectivity index is 1.74. The van der Waals surface area contributed by atoms with Gasteiger partial charge in [-0.05, 0) is 68.6 Å². The highest BCUT2D eigenvalue weighted by Crippen LogP contribution is 2.18. The van der Waals surface area contributed by atoms with E-state index in [0.717, 1.165) is 32.4 Å². The van der Waals surface area contributed by atoms with Crippen molar-refractivity contribution in [2.75, 3.05) is 19.6 Å². The summed E-state index contributed by atoms with van der Waals surface area (Å²) >= 11 is 0. The Hall–Kier alpha value is -1.76. The highest BCUT2D eigenvalue weighted by molar-refractivity contribution is 7.89. The molecule has 2 aromatic rings. The second-order valence-electron chi connectivity index (χ2n) is 6.85. The molecule has 0 bridgehead atoms. The number of benzene rings is 2. The molecule has 1 unspecified atom stereocenters. The van der Waals surface area contributed by atoms with Gasteiger partial charge in [-0.25, -0.2) is 17.5 Å². The number of nitrogens with one attached hydrogen (secondary N) is 1. The number of nitrogens with zero attached hydrogens (tertiary/aromatic N) is 1. The number of likely N-dealkylation sites (tertiary alicyclic amines) is 1. The van der Waals surface area contributed by atoms with Crippen molar-refractivity contribution in [3.8, 4) is 0 Å². The van der Waals surface area contributed by atoms with Gasteiger partial charge in [-0.3, -0.25) is 4.90 Å². The van der Waals surface area contributed by atoms with E-state index in [2.05, 4.69) is 21.8 Å². The van der Waals surface area contributed by atoms with E-state index in [4.69, 9.17) is 0 Å². The van der Waals surface area contributed by atoms with Crippen molar-refractivity contribution in [1.82, 2.24) is 9.62 Å². The first-order chi connectivity index (χ1) is 12.5. The molecule has 1 fully saturated rings. The van der Waals surface area contributed by atoms with E-state index >= 15 is 0 Å². The highest BCUT2D eigenvalue weighted by Gasteiger charge is 2.25. The number of halogens is 1. The van der Waals surface area contributed by atoms with Gasteiger partial charge >= 0.3 is 0 Å². The van der Waals surface area contributed by atoms with Crippen molar-refractivity contribution < 1.29 is 12.8 Å². The van der Waals surface area contributed by atoms with Crippen LogP contribution in [0.25, 0.3) is 0 Å². The lowest BCUT2D eigenvalue weighted by Gasteiger charge is -2.28. The fourth-order valence-electron chi connectivity index (χ4n) is 3.52. The molecule has 1 N–H and O–H groups in total. The van der Waals surface area contributed by atoms with Gasteiger partial charge in [-0.1, -0.05) is 30.3 Å². The third kappa shape index (κ3) is 4.69. The molecule has 0 amide bonds. The van der Waals surface area contributed by atoms with Gasteiger partial charge in [0.05, 0.1) is 4.90 Å².